The number of phenols is 1. The quantitative estimate of drug-likeness (QED) is 0.682. The largest absolute Gasteiger partial charge is 0.507 e. The van der Waals surface area contributed by atoms with Crippen LogP contribution in [0.5, 0.6) is 5.75 Å². The molecule has 3 rings (SSSR count). The van der Waals surface area contributed by atoms with Gasteiger partial charge in [-0.3, -0.25) is 4.48 Å². The van der Waals surface area contributed by atoms with Gasteiger partial charge in [0.15, 0.2) is 0 Å². The lowest BCUT2D eigenvalue weighted by Crippen LogP contribution is -2.35. The summed E-state index contributed by atoms with van der Waals surface area (Å²) >= 11 is 0. The van der Waals surface area contributed by atoms with E-state index in [1.54, 1.807) is 0 Å². The molecule has 86 valence electrons. The molecule has 0 saturated heterocycles. The molecule has 0 spiro atoms. The first-order chi connectivity index (χ1) is 8.01. The number of fused-ring (bicyclic) bond motifs is 3. The fourth-order valence-corrected chi connectivity index (χ4v) is 2.54. The summed E-state index contributed by atoms with van der Waals surface area (Å²) in [5, 5.41) is 12.2. The lowest BCUT2D eigenvalue weighted by atomic mass is 10.0. The Bertz CT molecular complexity index is 653. The Morgan fingerprint density at radius 2 is 1.71 bits per heavy atom. The van der Waals surface area contributed by atoms with Gasteiger partial charge in [0.05, 0.1) is 14.1 Å². The van der Waals surface area contributed by atoms with E-state index in [1.165, 1.54) is 16.9 Å². The molecule has 0 bridgehead atoms. The monoisotopic (exact) mass is 226 g/mol. The molecule has 17 heavy (non-hydrogen) atoms. The van der Waals surface area contributed by atoms with Gasteiger partial charge in [-0.1, -0.05) is 24.3 Å². The van der Waals surface area contributed by atoms with Crippen molar-refractivity contribution in [3.05, 3.63) is 41.6 Å². The van der Waals surface area contributed by atoms with Crippen molar-refractivity contribution in [1.29, 1.82) is 0 Å². The zero-order chi connectivity index (χ0) is 12.2. The molecular formula is C15H16NO+. The molecule has 0 aliphatic carbocycles. The highest BCUT2D eigenvalue weighted by Gasteiger charge is 2.33. The van der Waals surface area contributed by atoms with Gasteiger partial charge in [0.2, 0.25) is 0 Å². The van der Waals surface area contributed by atoms with E-state index in [9.17, 15) is 5.11 Å². The molecular weight excluding hydrogens is 210 g/mol. The summed E-state index contributed by atoms with van der Waals surface area (Å²) < 4.78 is 0.716. The van der Waals surface area contributed by atoms with E-state index < -0.39 is 0 Å². The van der Waals surface area contributed by atoms with Crippen molar-refractivity contribution >= 4 is 22.5 Å². The van der Waals surface area contributed by atoms with Crippen molar-refractivity contribution in [2.45, 2.75) is 6.92 Å². The van der Waals surface area contributed by atoms with Gasteiger partial charge in [-0.25, -0.2) is 0 Å². The number of phenolic OH excluding ortho intramolecular Hbond substituents is 1. The van der Waals surface area contributed by atoms with Crippen LogP contribution in [0, 0.1) is 0 Å². The zero-order valence-corrected chi connectivity index (χ0v) is 10.4. The fourth-order valence-electron chi connectivity index (χ4n) is 2.54. The van der Waals surface area contributed by atoms with E-state index in [0.717, 1.165) is 10.8 Å². The Morgan fingerprint density at radius 1 is 1.06 bits per heavy atom. The van der Waals surface area contributed by atoms with Crippen LogP contribution in [0.2, 0.25) is 0 Å². The standard InChI is InChI=1S/C15H15NO/c1-10-8-13-11-6-4-5-7-12(11)15(17)9-14(13)16(10,2)3/h4-9H,1-3H3/p+1. The summed E-state index contributed by atoms with van der Waals surface area (Å²) in [6, 6.07) is 9.91. The first kappa shape index (κ1) is 10.4. The van der Waals surface area contributed by atoms with Crippen LogP contribution in [-0.2, 0) is 0 Å². The Morgan fingerprint density at radius 3 is 2.41 bits per heavy atom. The van der Waals surface area contributed by atoms with Crippen molar-refractivity contribution in [3.63, 3.8) is 0 Å². The van der Waals surface area contributed by atoms with E-state index in [0.29, 0.717) is 10.2 Å². The molecule has 1 N–H and O–H groups in total. The van der Waals surface area contributed by atoms with Crippen molar-refractivity contribution in [1.82, 2.24) is 4.48 Å². The van der Waals surface area contributed by atoms with Gasteiger partial charge in [0.25, 0.3) is 0 Å². The molecule has 0 saturated carbocycles. The second kappa shape index (κ2) is 3.11. The third-order valence-corrected chi connectivity index (χ3v) is 3.88. The van der Waals surface area contributed by atoms with Gasteiger partial charge in [-0.05, 0) is 5.39 Å². The van der Waals surface area contributed by atoms with Gasteiger partial charge in [-0.2, -0.15) is 0 Å². The molecule has 0 fully saturated rings. The highest BCUT2D eigenvalue weighted by Crippen LogP contribution is 2.44. The Balaban J connectivity index is 2.48. The van der Waals surface area contributed by atoms with E-state index >= 15 is 0 Å². The van der Waals surface area contributed by atoms with Gasteiger partial charge < -0.3 is 5.11 Å². The molecule has 0 atom stereocenters. The average Bonchev–Trinajstić information content (AvgIpc) is 2.53. The lowest BCUT2D eigenvalue weighted by Gasteiger charge is -2.26. The number of hydrogen-bond acceptors (Lipinski definition) is 1. The van der Waals surface area contributed by atoms with Crippen LogP contribution in [0.4, 0.5) is 5.69 Å². The highest BCUT2D eigenvalue weighted by molar-refractivity contribution is 6.01. The van der Waals surface area contributed by atoms with E-state index in [1.807, 2.05) is 24.3 Å². The van der Waals surface area contributed by atoms with Crippen LogP contribution in [0.25, 0.3) is 16.8 Å². The fraction of sp³-hybridized carbons (Fsp3) is 0.200. The van der Waals surface area contributed by atoms with Crippen LogP contribution in [-0.4, -0.2) is 19.2 Å². The Labute approximate surface area is 101 Å². The van der Waals surface area contributed by atoms with Crippen molar-refractivity contribution in [2.75, 3.05) is 14.1 Å². The predicted molar refractivity (Wildman–Crippen MR) is 72.9 cm³/mol. The van der Waals surface area contributed by atoms with Crippen LogP contribution < -0.4 is 4.48 Å². The van der Waals surface area contributed by atoms with Crippen LogP contribution in [0.1, 0.15) is 12.5 Å². The third kappa shape index (κ3) is 1.25. The van der Waals surface area contributed by atoms with Gasteiger partial charge >= 0.3 is 0 Å². The van der Waals surface area contributed by atoms with Crippen LogP contribution in [0.15, 0.2) is 36.0 Å². The van der Waals surface area contributed by atoms with E-state index in [2.05, 4.69) is 33.2 Å². The van der Waals surface area contributed by atoms with E-state index in [4.69, 9.17) is 0 Å². The third-order valence-electron chi connectivity index (χ3n) is 3.88. The summed E-state index contributed by atoms with van der Waals surface area (Å²) in [7, 11) is 4.29. The molecule has 0 amide bonds. The molecule has 2 nitrogen and oxygen atoms in total. The minimum atomic E-state index is 0.369. The molecule has 0 unspecified atom stereocenters. The molecule has 1 aliphatic rings. The van der Waals surface area contributed by atoms with Crippen LogP contribution >= 0.6 is 0 Å². The second-order valence-electron chi connectivity index (χ2n) is 5.11. The SMILES string of the molecule is CC1=Cc2c(cc(O)c3ccccc23)[N+]1(C)C. The number of allylic oxidation sites excluding steroid dienone is 1. The zero-order valence-electron chi connectivity index (χ0n) is 10.4. The normalized spacial score (nSPS) is 17.0. The minimum Gasteiger partial charge on any atom is -0.507 e. The average molecular weight is 226 g/mol. The first-order valence-corrected chi connectivity index (χ1v) is 5.80. The summed E-state index contributed by atoms with van der Waals surface area (Å²) in [4.78, 5) is 0. The molecule has 2 aromatic carbocycles. The summed E-state index contributed by atoms with van der Waals surface area (Å²) in [6.45, 7) is 2.13. The number of benzene rings is 2. The topological polar surface area (TPSA) is 20.2 Å². The molecule has 2 heteroatoms. The maximum Gasteiger partial charge on any atom is 0.149 e. The van der Waals surface area contributed by atoms with Gasteiger partial charge in [0.1, 0.15) is 17.1 Å². The minimum absolute atomic E-state index is 0.369. The first-order valence-electron chi connectivity index (χ1n) is 5.80. The smallest absolute Gasteiger partial charge is 0.149 e. The van der Waals surface area contributed by atoms with Gasteiger partial charge in [0, 0.05) is 30.0 Å². The Hall–Kier alpha value is -1.80. The van der Waals surface area contributed by atoms with Crippen LogP contribution in [0.3, 0.4) is 0 Å². The van der Waals surface area contributed by atoms with Crippen molar-refractivity contribution < 1.29 is 5.11 Å². The number of quaternary nitrogens is 1. The molecule has 0 radical (unpaired) electrons. The van der Waals surface area contributed by atoms with E-state index in [-0.39, 0.29) is 0 Å². The summed E-state index contributed by atoms with van der Waals surface area (Å²) in [5.41, 5.74) is 3.69. The number of hydrogen-bond donors (Lipinski definition) is 1. The summed E-state index contributed by atoms with van der Waals surface area (Å²) in [6.07, 6.45) is 2.22. The van der Waals surface area contributed by atoms with Crippen molar-refractivity contribution in [2.24, 2.45) is 0 Å². The molecule has 1 aliphatic heterocycles. The lowest BCUT2D eigenvalue weighted by molar-refractivity contribution is 0.472. The highest BCUT2D eigenvalue weighted by atomic mass is 16.3. The second-order valence-corrected chi connectivity index (χ2v) is 5.11. The van der Waals surface area contributed by atoms with Crippen molar-refractivity contribution in [3.8, 4) is 5.75 Å². The number of aromatic hydroxyl groups is 1. The number of nitrogens with zero attached hydrogens (tertiary/aromatic N) is 1. The maximum absolute atomic E-state index is 10.1. The summed E-state index contributed by atoms with van der Waals surface area (Å²) in [5.74, 6) is 0.369. The molecule has 2 aromatic rings. The maximum atomic E-state index is 10.1. The molecule has 1 heterocycles. The Kier molecular flexibility index (Phi) is 1.90. The van der Waals surface area contributed by atoms with Gasteiger partial charge in [-0.15, -0.1) is 0 Å². The predicted octanol–water partition coefficient (Wildman–Crippen LogP) is 3.49. The number of rotatable bonds is 0. The molecule has 0 aromatic heterocycles.